The van der Waals surface area contributed by atoms with Crippen molar-refractivity contribution in [1.82, 2.24) is 4.90 Å². The number of allylic oxidation sites excluding steroid dienone is 1. The average Bonchev–Trinajstić information content (AvgIpc) is 2.47. The highest BCUT2D eigenvalue weighted by molar-refractivity contribution is 5.38. The fraction of sp³-hybridized carbons (Fsp3) is 0.600. The third-order valence-electron chi connectivity index (χ3n) is 3.06. The number of halogens is 3. The Bertz CT molecular complexity index is 330. The van der Waals surface area contributed by atoms with E-state index in [1.807, 2.05) is 0 Å². The minimum atomic E-state index is -4.21. The van der Waals surface area contributed by atoms with Crippen molar-refractivity contribution in [2.45, 2.75) is 31.1 Å². The molecule has 2 N–H and O–H groups in total. The maximum Gasteiger partial charge on any atom is 0.412 e. The molecule has 0 spiro atoms. The SMILES string of the molecule is CN1C2=C(C=CC1C(F)(F)F)C(N)CC2. The van der Waals surface area contributed by atoms with Crippen LogP contribution in [0.25, 0.3) is 0 Å². The molecular weight excluding hydrogens is 205 g/mol. The van der Waals surface area contributed by atoms with Crippen molar-refractivity contribution < 1.29 is 13.2 Å². The molecule has 0 radical (unpaired) electrons. The molecule has 0 fully saturated rings. The molecule has 0 saturated heterocycles. The first-order valence-electron chi connectivity index (χ1n) is 4.87. The molecule has 0 aromatic carbocycles. The van der Waals surface area contributed by atoms with Gasteiger partial charge in [0.2, 0.25) is 0 Å². The molecule has 0 aromatic rings. The van der Waals surface area contributed by atoms with Gasteiger partial charge in [-0.25, -0.2) is 0 Å². The number of rotatable bonds is 0. The van der Waals surface area contributed by atoms with E-state index in [4.69, 9.17) is 5.73 Å². The van der Waals surface area contributed by atoms with Crippen LogP contribution in [0.5, 0.6) is 0 Å². The second-order valence-corrected chi connectivity index (χ2v) is 4.00. The van der Waals surface area contributed by atoms with Crippen molar-refractivity contribution in [3.05, 3.63) is 23.4 Å². The van der Waals surface area contributed by atoms with Gasteiger partial charge in [0.1, 0.15) is 6.04 Å². The summed E-state index contributed by atoms with van der Waals surface area (Å²) in [5.74, 6) is 0. The number of hydrogen-bond acceptors (Lipinski definition) is 2. The molecule has 2 aliphatic rings. The van der Waals surface area contributed by atoms with Crippen LogP contribution in [0.2, 0.25) is 0 Å². The standard InChI is InChI=1S/C10H13F3N2/c1-15-8-4-3-7(14)6(8)2-5-9(15)10(11,12)13/h2,5,7,9H,3-4,14H2,1H3. The summed E-state index contributed by atoms with van der Waals surface area (Å²) in [6, 6.07) is -1.60. The molecule has 2 atom stereocenters. The largest absolute Gasteiger partial charge is 0.412 e. The van der Waals surface area contributed by atoms with Crippen LogP contribution in [0.1, 0.15) is 12.8 Å². The summed E-state index contributed by atoms with van der Waals surface area (Å²) in [5, 5.41) is 0. The quantitative estimate of drug-likeness (QED) is 0.671. The molecule has 0 aromatic heterocycles. The lowest BCUT2D eigenvalue weighted by atomic mass is 10.0. The molecular formula is C10H13F3N2. The first-order chi connectivity index (χ1) is 6.91. The van der Waals surface area contributed by atoms with Gasteiger partial charge in [0.05, 0.1) is 0 Å². The number of hydrogen-bond donors (Lipinski definition) is 1. The molecule has 2 unspecified atom stereocenters. The summed E-state index contributed by atoms with van der Waals surface area (Å²) in [5.41, 5.74) is 7.39. The minimum Gasteiger partial charge on any atom is -0.363 e. The van der Waals surface area contributed by atoms with E-state index in [9.17, 15) is 13.2 Å². The second kappa shape index (κ2) is 3.27. The Morgan fingerprint density at radius 3 is 2.73 bits per heavy atom. The zero-order valence-corrected chi connectivity index (χ0v) is 8.38. The molecule has 2 rings (SSSR count). The molecule has 1 heterocycles. The Hall–Kier alpha value is -0.970. The Labute approximate surface area is 86.2 Å². The Morgan fingerprint density at radius 1 is 1.47 bits per heavy atom. The van der Waals surface area contributed by atoms with Crippen LogP contribution in [0.15, 0.2) is 23.4 Å². The fourth-order valence-electron chi connectivity index (χ4n) is 2.23. The van der Waals surface area contributed by atoms with Gasteiger partial charge < -0.3 is 10.6 Å². The van der Waals surface area contributed by atoms with Crippen molar-refractivity contribution in [1.29, 1.82) is 0 Å². The topological polar surface area (TPSA) is 29.3 Å². The van der Waals surface area contributed by atoms with Crippen LogP contribution in [0.4, 0.5) is 13.2 Å². The summed E-state index contributed by atoms with van der Waals surface area (Å²) in [6.45, 7) is 0. The van der Waals surface area contributed by atoms with E-state index in [1.165, 1.54) is 24.1 Å². The number of nitrogens with two attached hydrogens (primary N) is 1. The van der Waals surface area contributed by atoms with Gasteiger partial charge in [-0.05, 0) is 18.4 Å². The monoisotopic (exact) mass is 218 g/mol. The van der Waals surface area contributed by atoms with Gasteiger partial charge in [-0.2, -0.15) is 13.2 Å². The van der Waals surface area contributed by atoms with Crippen molar-refractivity contribution in [2.75, 3.05) is 7.05 Å². The third-order valence-corrected chi connectivity index (χ3v) is 3.06. The van der Waals surface area contributed by atoms with Crippen molar-refractivity contribution in [3.8, 4) is 0 Å². The van der Waals surface area contributed by atoms with E-state index < -0.39 is 12.2 Å². The first-order valence-corrected chi connectivity index (χ1v) is 4.87. The van der Waals surface area contributed by atoms with Crippen LogP contribution in [0, 0.1) is 0 Å². The lowest BCUT2D eigenvalue weighted by molar-refractivity contribution is -0.163. The van der Waals surface area contributed by atoms with Gasteiger partial charge in [-0.15, -0.1) is 0 Å². The molecule has 15 heavy (non-hydrogen) atoms. The zero-order valence-electron chi connectivity index (χ0n) is 8.38. The maximum absolute atomic E-state index is 12.6. The molecule has 0 saturated carbocycles. The van der Waals surface area contributed by atoms with E-state index in [0.29, 0.717) is 6.42 Å². The first kappa shape index (κ1) is 10.5. The highest BCUT2D eigenvalue weighted by atomic mass is 19.4. The molecule has 2 nitrogen and oxygen atoms in total. The number of likely N-dealkylation sites (N-methyl/N-ethyl adjacent to an activating group) is 1. The molecule has 84 valence electrons. The Morgan fingerprint density at radius 2 is 2.13 bits per heavy atom. The van der Waals surface area contributed by atoms with Crippen LogP contribution >= 0.6 is 0 Å². The van der Waals surface area contributed by atoms with Gasteiger partial charge in [0, 0.05) is 18.8 Å². The van der Waals surface area contributed by atoms with Crippen LogP contribution < -0.4 is 5.73 Å². The number of nitrogens with zero attached hydrogens (tertiary/aromatic N) is 1. The minimum absolute atomic E-state index is 0.104. The van der Waals surface area contributed by atoms with E-state index >= 15 is 0 Å². The summed E-state index contributed by atoms with van der Waals surface area (Å²) in [7, 11) is 1.48. The van der Waals surface area contributed by atoms with E-state index in [1.54, 1.807) is 0 Å². The van der Waals surface area contributed by atoms with Gasteiger partial charge in [0.15, 0.2) is 0 Å². The Balaban J connectivity index is 2.28. The predicted molar refractivity (Wildman–Crippen MR) is 51.0 cm³/mol. The highest BCUT2D eigenvalue weighted by Crippen LogP contribution is 2.37. The normalized spacial score (nSPS) is 31.1. The smallest absolute Gasteiger partial charge is 0.363 e. The lowest BCUT2D eigenvalue weighted by Crippen LogP contribution is -2.43. The third kappa shape index (κ3) is 1.65. The molecule has 5 heteroatoms. The number of alkyl halides is 3. The van der Waals surface area contributed by atoms with Crippen molar-refractivity contribution in [3.63, 3.8) is 0 Å². The lowest BCUT2D eigenvalue weighted by Gasteiger charge is -2.33. The predicted octanol–water partition coefficient (Wildman–Crippen LogP) is 1.79. The van der Waals surface area contributed by atoms with Gasteiger partial charge in [-0.3, -0.25) is 0 Å². The van der Waals surface area contributed by atoms with Crippen LogP contribution in [-0.4, -0.2) is 30.2 Å². The highest BCUT2D eigenvalue weighted by Gasteiger charge is 2.44. The fourth-order valence-corrected chi connectivity index (χ4v) is 2.23. The van der Waals surface area contributed by atoms with Crippen LogP contribution in [0.3, 0.4) is 0 Å². The molecule has 1 aliphatic carbocycles. The average molecular weight is 218 g/mol. The Kier molecular flexibility index (Phi) is 2.30. The van der Waals surface area contributed by atoms with E-state index in [0.717, 1.165) is 17.7 Å². The van der Waals surface area contributed by atoms with Crippen molar-refractivity contribution in [2.24, 2.45) is 5.73 Å². The van der Waals surface area contributed by atoms with E-state index in [2.05, 4.69) is 0 Å². The summed E-state index contributed by atoms with van der Waals surface area (Å²) < 4.78 is 37.8. The van der Waals surface area contributed by atoms with E-state index in [-0.39, 0.29) is 6.04 Å². The summed E-state index contributed by atoms with van der Waals surface area (Å²) >= 11 is 0. The summed E-state index contributed by atoms with van der Waals surface area (Å²) in [4.78, 5) is 1.29. The van der Waals surface area contributed by atoms with Gasteiger partial charge in [0.25, 0.3) is 0 Å². The molecule has 0 bridgehead atoms. The zero-order chi connectivity index (χ0) is 11.2. The molecule has 1 aliphatic heterocycles. The summed E-state index contributed by atoms with van der Waals surface area (Å²) in [6.07, 6.45) is -0.112. The maximum atomic E-state index is 12.6. The van der Waals surface area contributed by atoms with Crippen LogP contribution in [-0.2, 0) is 0 Å². The molecule has 0 amide bonds. The van der Waals surface area contributed by atoms with Gasteiger partial charge >= 0.3 is 6.18 Å². The second-order valence-electron chi connectivity index (χ2n) is 4.00. The van der Waals surface area contributed by atoms with Crippen molar-refractivity contribution >= 4 is 0 Å². The van der Waals surface area contributed by atoms with Gasteiger partial charge in [-0.1, -0.05) is 12.2 Å².